The monoisotopic (exact) mass is 437 g/mol. The van der Waals surface area contributed by atoms with Gasteiger partial charge < -0.3 is 14.0 Å². The van der Waals surface area contributed by atoms with Crippen molar-refractivity contribution < 1.29 is 23.5 Å². The first kappa shape index (κ1) is 23.3. The summed E-state index contributed by atoms with van der Waals surface area (Å²) in [5.41, 5.74) is 3.74. The highest BCUT2D eigenvalue weighted by Crippen LogP contribution is 2.38. The number of hydrogen-bond acceptors (Lipinski definition) is 4. The number of nitrogens with zero attached hydrogens (tertiary/aromatic N) is 1. The van der Waals surface area contributed by atoms with Gasteiger partial charge in [-0.3, -0.25) is 9.59 Å². The standard InChI is InChI=1S/C26H28FNO4/c1-5-31-25(30)16-21(32-18(4)29)14-15-24-26(19-10-12-20(27)13-11-19)22-8-6-7-9-23(22)28(24)17(2)3/h6-15,17,21H,5,16H2,1-4H3/b15-14+/t21-/m1/s1. The van der Waals surface area contributed by atoms with Crippen molar-refractivity contribution in [2.45, 2.75) is 46.3 Å². The van der Waals surface area contributed by atoms with Crippen LogP contribution in [0, 0.1) is 5.82 Å². The Morgan fingerprint density at radius 1 is 1.09 bits per heavy atom. The molecule has 0 aliphatic heterocycles. The minimum atomic E-state index is -0.758. The van der Waals surface area contributed by atoms with Crippen molar-refractivity contribution in [3.63, 3.8) is 0 Å². The van der Waals surface area contributed by atoms with Gasteiger partial charge in [-0.1, -0.05) is 30.3 Å². The molecular formula is C26H28FNO4. The first-order chi connectivity index (χ1) is 15.3. The molecule has 0 saturated carbocycles. The van der Waals surface area contributed by atoms with E-state index in [9.17, 15) is 14.0 Å². The average Bonchev–Trinajstić information content (AvgIpc) is 3.06. The third-order valence-corrected chi connectivity index (χ3v) is 5.06. The molecule has 0 amide bonds. The van der Waals surface area contributed by atoms with E-state index < -0.39 is 18.0 Å². The molecule has 0 saturated heterocycles. The fourth-order valence-electron chi connectivity index (χ4n) is 3.87. The van der Waals surface area contributed by atoms with E-state index in [4.69, 9.17) is 9.47 Å². The number of hydrogen-bond donors (Lipinski definition) is 0. The van der Waals surface area contributed by atoms with Gasteiger partial charge in [-0.25, -0.2) is 4.39 Å². The summed E-state index contributed by atoms with van der Waals surface area (Å²) < 4.78 is 26.1. The molecule has 0 aliphatic rings. The van der Waals surface area contributed by atoms with E-state index in [0.29, 0.717) is 0 Å². The third-order valence-electron chi connectivity index (χ3n) is 5.06. The highest BCUT2D eigenvalue weighted by atomic mass is 19.1. The van der Waals surface area contributed by atoms with Crippen LogP contribution in [-0.4, -0.2) is 29.2 Å². The number of aromatic nitrogens is 1. The van der Waals surface area contributed by atoms with Crippen LogP contribution in [0.1, 0.15) is 45.9 Å². The minimum Gasteiger partial charge on any atom is -0.466 e. The fourth-order valence-corrected chi connectivity index (χ4v) is 3.87. The molecule has 1 aromatic heterocycles. The van der Waals surface area contributed by atoms with Crippen molar-refractivity contribution in [1.82, 2.24) is 4.57 Å². The van der Waals surface area contributed by atoms with Crippen LogP contribution in [0.25, 0.3) is 28.1 Å². The molecule has 168 valence electrons. The Bertz CT molecular complexity index is 1130. The summed E-state index contributed by atoms with van der Waals surface area (Å²) in [6.45, 7) is 7.46. The van der Waals surface area contributed by atoms with Crippen LogP contribution in [0.4, 0.5) is 4.39 Å². The molecule has 0 fully saturated rings. The van der Waals surface area contributed by atoms with Crippen molar-refractivity contribution in [2.24, 2.45) is 0 Å². The molecule has 6 heteroatoms. The highest BCUT2D eigenvalue weighted by molar-refractivity contribution is 6.01. The number of halogens is 1. The quantitative estimate of drug-likeness (QED) is 0.410. The SMILES string of the molecule is CCOC(=O)C[C@@H](/C=C/c1c(-c2ccc(F)cc2)c2ccccc2n1C(C)C)OC(C)=O. The average molecular weight is 438 g/mol. The maximum absolute atomic E-state index is 13.6. The van der Waals surface area contributed by atoms with E-state index in [1.54, 1.807) is 25.1 Å². The first-order valence-corrected chi connectivity index (χ1v) is 10.7. The summed E-state index contributed by atoms with van der Waals surface area (Å²) in [6.07, 6.45) is 2.74. The Hall–Kier alpha value is -3.41. The van der Waals surface area contributed by atoms with Gasteiger partial charge in [0.2, 0.25) is 0 Å². The van der Waals surface area contributed by atoms with E-state index >= 15 is 0 Å². The Balaban J connectivity index is 2.15. The van der Waals surface area contributed by atoms with Crippen molar-refractivity contribution in [3.05, 3.63) is 66.1 Å². The van der Waals surface area contributed by atoms with E-state index in [1.165, 1.54) is 19.1 Å². The highest BCUT2D eigenvalue weighted by Gasteiger charge is 2.20. The molecule has 0 unspecified atom stereocenters. The molecule has 5 nitrogen and oxygen atoms in total. The smallest absolute Gasteiger partial charge is 0.309 e. The van der Waals surface area contributed by atoms with Crippen molar-refractivity contribution in [3.8, 4) is 11.1 Å². The number of carbonyl (C=O) groups excluding carboxylic acids is 2. The van der Waals surface area contributed by atoms with Crippen LogP contribution >= 0.6 is 0 Å². The van der Waals surface area contributed by atoms with Crippen LogP contribution < -0.4 is 0 Å². The molecule has 0 spiro atoms. The summed E-state index contributed by atoms with van der Waals surface area (Å²) in [7, 11) is 0. The van der Waals surface area contributed by atoms with Crippen LogP contribution in [0.2, 0.25) is 0 Å². The molecule has 0 N–H and O–H groups in total. The normalized spacial score (nSPS) is 12.4. The number of benzene rings is 2. The van der Waals surface area contributed by atoms with Gasteiger partial charge in [-0.2, -0.15) is 0 Å². The molecule has 0 radical (unpaired) electrons. The zero-order valence-electron chi connectivity index (χ0n) is 18.8. The van der Waals surface area contributed by atoms with Crippen LogP contribution in [0.3, 0.4) is 0 Å². The van der Waals surface area contributed by atoms with Crippen LogP contribution in [0.5, 0.6) is 0 Å². The summed E-state index contributed by atoms with van der Waals surface area (Å²) >= 11 is 0. The second-order valence-electron chi connectivity index (χ2n) is 7.76. The Morgan fingerprint density at radius 2 is 1.78 bits per heavy atom. The summed E-state index contributed by atoms with van der Waals surface area (Å²) in [4.78, 5) is 23.6. The molecular weight excluding hydrogens is 409 g/mol. The second-order valence-corrected chi connectivity index (χ2v) is 7.76. The Labute approximate surface area is 187 Å². The van der Waals surface area contributed by atoms with Gasteiger partial charge in [-0.15, -0.1) is 0 Å². The molecule has 0 aliphatic carbocycles. The first-order valence-electron chi connectivity index (χ1n) is 10.7. The van der Waals surface area contributed by atoms with Gasteiger partial charge in [0.05, 0.1) is 13.0 Å². The zero-order valence-corrected chi connectivity index (χ0v) is 18.8. The van der Waals surface area contributed by atoms with Gasteiger partial charge in [0.25, 0.3) is 0 Å². The Kier molecular flexibility index (Phi) is 7.46. The van der Waals surface area contributed by atoms with Crippen molar-refractivity contribution in [1.29, 1.82) is 0 Å². The van der Waals surface area contributed by atoms with E-state index in [-0.39, 0.29) is 24.9 Å². The molecule has 1 atom stereocenters. The number of carbonyl (C=O) groups is 2. The maximum atomic E-state index is 13.6. The van der Waals surface area contributed by atoms with Gasteiger partial charge in [0.1, 0.15) is 11.9 Å². The number of ether oxygens (including phenoxy) is 2. The second kappa shape index (κ2) is 10.3. The van der Waals surface area contributed by atoms with Crippen molar-refractivity contribution in [2.75, 3.05) is 6.61 Å². The summed E-state index contributed by atoms with van der Waals surface area (Å²) in [6, 6.07) is 14.5. The molecule has 1 heterocycles. The lowest BCUT2D eigenvalue weighted by atomic mass is 10.0. The third kappa shape index (κ3) is 5.25. The maximum Gasteiger partial charge on any atom is 0.309 e. The molecule has 32 heavy (non-hydrogen) atoms. The number of fused-ring (bicyclic) bond motifs is 1. The van der Waals surface area contributed by atoms with E-state index in [0.717, 1.165) is 27.7 Å². The summed E-state index contributed by atoms with van der Waals surface area (Å²) in [5.74, 6) is -1.22. The lowest BCUT2D eigenvalue weighted by Gasteiger charge is -2.15. The topological polar surface area (TPSA) is 57.5 Å². The van der Waals surface area contributed by atoms with Gasteiger partial charge in [-0.05, 0) is 56.7 Å². The fraction of sp³-hybridized carbons (Fsp3) is 0.308. The zero-order chi connectivity index (χ0) is 23.3. The molecule has 0 bridgehead atoms. The predicted molar refractivity (Wildman–Crippen MR) is 124 cm³/mol. The van der Waals surface area contributed by atoms with Gasteiger partial charge in [0, 0.05) is 35.1 Å². The van der Waals surface area contributed by atoms with Crippen LogP contribution in [0.15, 0.2) is 54.6 Å². The Morgan fingerprint density at radius 3 is 2.41 bits per heavy atom. The van der Waals surface area contributed by atoms with Gasteiger partial charge in [0.15, 0.2) is 0 Å². The number of esters is 2. The minimum absolute atomic E-state index is 0.0717. The molecule has 3 aromatic rings. The van der Waals surface area contributed by atoms with E-state index in [2.05, 4.69) is 18.4 Å². The lowest BCUT2D eigenvalue weighted by molar-refractivity contribution is -0.150. The number of rotatable bonds is 8. The van der Waals surface area contributed by atoms with Gasteiger partial charge >= 0.3 is 11.9 Å². The largest absolute Gasteiger partial charge is 0.466 e. The van der Waals surface area contributed by atoms with E-state index in [1.807, 2.05) is 30.3 Å². The molecule has 3 rings (SSSR count). The lowest BCUT2D eigenvalue weighted by Crippen LogP contribution is -2.19. The predicted octanol–water partition coefficient (Wildman–Crippen LogP) is 5.93. The number of para-hydroxylation sites is 1. The molecule has 2 aromatic carbocycles. The van der Waals surface area contributed by atoms with Crippen LogP contribution in [-0.2, 0) is 19.1 Å². The summed E-state index contributed by atoms with van der Waals surface area (Å²) in [5, 5.41) is 1.03. The van der Waals surface area contributed by atoms with Crippen molar-refractivity contribution >= 4 is 28.9 Å².